The van der Waals surface area contributed by atoms with Crippen LogP contribution in [-0.4, -0.2) is 11.3 Å². The Morgan fingerprint density at radius 3 is 0.976 bits per heavy atom. The molecule has 23 aromatic rings. The van der Waals surface area contributed by atoms with Gasteiger partial charge in [-0.05, 0) is 240 Å². The molecule has 0 saturated heterocycles. The summed E-state index contributed by atoms with van der Waals surface area (Å²) in [4.78, 5) is 7.96. The van der Waals surface area contributed by atoms with E-state index in [1.54, 1.807) is 0 Å². The Bertz CT molecular complexity index is 7950. The standard InChI is InChI=1S/C122H79BN4/c1-9-32-80(33-10-1)84-58-63-96(64-59-84)124(97-65-60-85(61-66-97)81-34-11-2-12-35-81)99-78-116-120-117(79-99)127(122-107(88-44-21-7-22-45-88)73-95(83-38-15-4-16-39-83)74-108(122)89-46-23-8-24-47-89)115-77-98(125-112-56-27-25-51-100(112)101-52-26-28-57-113(101)125)67-68-110(115)123(120)111-76-91(93-70-92-50-31-54-103-102-53-29-48-90-49-30-55-104(118(90)102)109(75-93)119(92)103)62-69-114(111)126(116)121-105(86-40-17-5-18-41-86)71-94(82-36-13-3-14-37-82)72-106(121)87-42-19-6-20-43-87/h1-79H. The van der Waals surface area contributed by atoms with E-state index in [0.29, 0.717) is 0 Å². The second-order valence-electron chi connectivity index (χ2n) is 33.7. The Morgan fingerprint density at radius 1 is 0.189 bits per heavy atom. The van der Waals surface area contributed by atoms with E-state index in [0.717, 1.165) is 168 Å². The lowest BCUT2D eigenvalue weighted by molar-refractivity contribution is 1.17. The van der Waals surface area contributed by atoms with Gasteiger partial charge in [-0.2, -0.15) is 0 Å². The molecule has 0 N–H and O–H groups in total. The quantitative estimate of drug-likeness (QED) is 0.0578. The molecule has 0 radical (unpaired) electrons. The van der Waals surface area contributed by atoms with Crippen LogP contribution in [0.15, 0.2) is 479 Å². The predicted octanol–water partition coefficient (Wildman–Crippen LogP) is 31.4. The highest BCUT2D eigenvalue weighted by molar-refractivity contribution is 7.00. The van der Waals surface area contributed by atoms with E-state index in [9.17, 15) is 0 Å². The normalized spacial score (nSPS) is 12.2. The maximum atomic E-state index is 2.73. The molecule has 127 heavy (non-hydrogen) atoms. The number of hydrogen-bond donors (Lipinski definition) is 0. The zero-order chi connectivity index (χ0) is 83.6. The van der Waals surface area contributed by atoms with Gasteiger partial charge in [0, 0.05) is 72.8 Å². The summed E-state index contributed by atoms with van der Waals surface area (Å²) < 4.78 is 2.51. The van der Waals surface area contributed by atoms with Crippen molar-refractivity contribution in [1.29, 1.82) is 0 Å². The van der Waals surface area contributed by atoms with Gasteiger partial charge < -0.3 is 19.3 Å². The number of hydrogen-bond acceptors (Lipinski definition) is 3. The van der Waals surface area contributed by atoms with Crippen molar-refractivity contribution in [3.63, 3.8) is 0 Å². The monoisotopic (exact) mass is 1610 g/mol. The van der Waals surface area contributed by atoms with Crippen LogP contribution in [0.3, 0.4) is 0 Å². The number of nitrogens with zero attached hydrogens (tertiary/aromatic N) is 4. The first-order valence-electron chi connectivity index (χ1n) is 44.0. The average molecular weight is 1610 g/mol. The van der Waals surface area contributed by atoms with Crippen LogP contribution >= 0.6 is 0 Å². The fourth-order valence-electron chi connectivity index (χ4n) is 20.9. The van der Waals surface area contributed by atoms with Gasteiger partial charge in [0.05, 0.1) is 28.1 Å². The fraction of sp³-hybridized carbons (Fsp3) is 0. The van der Waals surface area contributed by atoms with Crippen molar-refractivity contribution in [2.24, 2.45) is 0 Å². The van der Waals surface area contributed by atoms with Gasteiger partial charge in [0.25, 0.3) is 6.71 Å². The summed E-state index contributed by atoms with van der Waals surface area (Å²) in [6, 6.07) is 180. The molecule has 0 bridgehead atoms. The van der Waals surface area contributed by atoms with Crippen molar-refractivity contribution < 1.29 is 0 Å². The summed E-state index contributed by atoms with van der Waals surface area (Å²) in [6.07, 6.45) is 0. The third-order valence-electron chi connectivity index (χ3n) is 26.6. The molecular formula is C122H79BN4. The first-order valence-corrected chi connectivity index (χ1v) is 44.0. The second kappa shape index (κ2) is 30.2. The molecule has 2 aliphatic rings. The number of aromatic nitrogens is 1. The summed E-state index contributed by atoms with van der Waals surface area (Å²) in [5, 5.41) is 12.5. The fourth-order valence-corrected chi connectivity index (χ4v) is 20.9. The van der Waals surface area contributed by atoms with Crippen molar-refractivity contribution in [3.05, 3.63) is 479 Å². The smallest absolute Gasteiger partial charge is 0.252 e. The molecule has 0 saturated carbocycles. The highest BCUT2D eigenvalue weighted by atomic mass is 15.2. The van der Waals surface area contributed by atoms with Crippen molar-refractivity contribution in [1.82, 2.24) is 4.57 Å². The molecule has 0 fully saturated rings. The lowest BCUT2D eigenvalue weighted by Crippen LogP contribution is -2.61. The first-order chi connectivity index (χ1) is 63.0. The van der Waals surface area contributed by atoms with Crippen LogP contribution in [0.2, 0.25) is 0 Å². The Hall–Kier alpha value is -16.6. The summed E-state index contributed by atoms with van der Waals surface area (Å²) in [7, 11) is 0. The maximum absolute atomic E-state index is 2.73. The third-order valence-corrected chi connectivity index (χ3v) is 26.6. The van der Waals surface area contributed by atoms with E-state index in [1.165, 1.54) is 70.3 Å². The lowest BCUT2D eigenvalue weighted by Gasteiger charge is -2.46. The molecule has 590 valence electrons. The summed E-state index contributed by atoms with van der Waals surface area (Å²) in [6.45, 7) is -0.397. The van der Waals surface area contributed by atoms with Gasteiger partial charge >= 0.3 is 0 Å². The minimum atomic E-state index is -0.397. The van der Waals surface area contributed by atoms with Gasteiger partial charge in [-0.3, -0.25) is 0 Å². The van der Waals surface area contributed by atoms with E-state index < -0.39 is 6.71 Å². The molecule has 25 rings (SSSR count). The number of para-hydroxylation sites is 2. The molecule has 0 unspecified atom stereocenters. The van der Waals surface area contributed by atoms with Crippen molar-refractivity contribution in [2.75, 3.05) is 14.7 Å². The van der Waals surface area contributed by atoms with Gasteiger partial charge in [-0.1, -0.05) is 376 Å². The zero-order valence-corrected chi connectivity index (χ0v) is 69.5. The second-order valence-corrected chi connectivity index (χ2v) is 33.7. The molecule has 0 spiro atoms. The van der Waals surface area contributed by atoms with Crippen LogP contribution < -0.4 is 31.1 Å². The third kappa shape index (κ3) is 12.2. The molecule has 0 aliphatic carbocycles. The number of fused-ring (bicyclic) bond motifs is 9. The summed E-state index contributed by atoms with van der Waals surface area (Å²) in [5.41, 5.74) is 36.3. The molecule has 0 amide bonds. The van der Waals surface area contributed by atoms with Crippen LogP contribution in [0.25, 0.3) is 171 Å². The van der Waals surface area contributed by atoms with Crippen LogP contribution in [0.1, 0.15) is 0 Å². The number of benzene rings is 22. The van der Waals surface area contributed by atoms with Gasteiger partial charge in [0.15, 0.2) is 0 Å². The van der Waals surface area contributed by atoms with Crippen LogP contribution in [0.4, 0.5) is 51.2 Å². The Balaban J connectivity index is 0.867. The number of rotatable bonds is 15. The van der Waals surface area contributed by atoms with Gasteiger partial charge in [0.2, 0.25) is 0 Å². The maximum Gasteiger partial charge on any atom is 0.252 e. The van der Waals surface area contributed by atoms with Crippen molar-refractivity contribution in [3.8, 4) is 106 Å². The minimum Gasteiger partial charge on any atom is -0.310 e. The molecule has 4 nitrogen and oxygen atoms in total. The van der Waals surface area contributed by atoms with E-state index in [-0.39, 0.29) is 0 Å². The average Bonchev–Trinajstić information content (AvgIpc) is 0.865. The lowest BCUT2D eigenvalue weighted by atomic mass is 9.33. The number of anilines is 9. The van der Waals surface area contributed by atoms with Gasteiger partial charge in [-0.15, -0.1) is 0 Å². The highest BCUT2D eigenvalue weighted by Crippen LogP contribution is 2.57. The molecule has 5 heteroatoms. The van der Waals surface area contributed by atoms with Gasteiger partial charge in [-0.25, -0.2) is 0 Å². The first kappa shape index (κ1) is 73.2. The summed E-state index contributed by atoms with van der Waals surface area (Å²) >= 11 is 0. The highest BCUT2D eigenvalue weighted by Gasteiger charge is 2.47. The Kier molecular flexibility index (Phi) is 17.4. The Morgan fingerprint density at radius 2 is 0.535 bits per heavy atom. The van der Waals surface area contributed by atoms with Crippen LogP contribution in [-0.2, 0) is 0 Å². The van der Waals surface area contributed by atoms with Crippen LogP contribution in [0.5, 0.6) is 0 Å². The topological polar surface area (TPSA) is 14.7 Å². The molecular weight excluding hydrogens is 1530 g/mol. The molecule has 3 heterocycles. The molecule has 1 aromatic heterocycles. The largest absolute Gasteiger partial charge is 0.310 e. The summed E-state index contributed by atoms with van der Waals surface area (Å²) in [5.74, 6) is 0. The predicted molar refractivity (Wildman–Crippen MR) is 540 cm³/mol. The molecule has 22 aromatic carbocycles. The van der Waals surface area contributed by atoms with E-state index in [2.05, 4.69) is 499 Å². The van der Waals surface area contributed by atoms with E-state index >= 15 is 0 Å². The zero-order valence-electron chi connectivity index (χ0n) is 69.5. The molecule has 2 aliphatic heterocycles. The van der Waals surface area contributed by atoms with Crippen molar-refractivity contribution in [2.45, 2.75) is 0 Å². The Labute approximate surface area is 738 Å². The van der Waals surface area contributed by atoms with Crippen molar-refractivity contribution >= 4 is 139 Å². The minimum absolute atomic E-state index is 0.397. The SMILES string of the molecule is c1ccc(-c2ccc(N(c3ccc(-c4ccccc4)cc3)c3cc4c5c(c3)N(c3c(-c6ccccc6)cc(-c6ccccc6)cc3-c3ccccc3)c3cc(-n6c7ccccc7c7ccccc76)ccc3B5c3cc(-c5cc6cccc7c8cccc9cccc(c(c5)c67)c98)ccc3N4c3c(-c4ccccc4)cc(-c4ccccc4)cc3-c3ccccc3)cc2)cc1. The van der Waals surface area contributed by atoms with Crippen LogP contribution in [0, 0.1) is 0 Å². The molecule has 0 atom stereocenters. The van der Waals surface area contributed by atoms with Gasteiger partial charge in [0.1, 0.15) is 0 Å². The van der Waals surface area contributed by atoms with E-state index in [4.69, 9.17) is 0 Å². The van der Waals surface area contributed by atoms with E-state index in [1.807, 2.05) is 0 Å².